The van der Waals surface area contributed by atoms with Crippen LogP contribution in [0.15, 0.2) is 0 Å². The molecule has 0 aromatic carbocycles. The van der Waals surface area contributed by atoms with E-state index in [1.165, 1.54) is 0 Å². The van der Waals surface area contributed by atoms with Crippen molar-refractivity contribution in [1.29, 1.82) is 0 Å². The molecule has 0 aliphatic rings. The van der Waals surface area contributed by atoms with Crippen molar-refractivity contribution in [2.45, 2.75) is 51.4 Å². The largest absolute Gasteiger partial charge is 0.481 e. The highest BCUT2D eigenvalue weighted by molar-refractivity contribution is 5.66. The molecule has 0 aromatic heterocycles. The summed E-state index contributed by atoms with van der Waals surface area (Å²) in [6, 6.07) is 0. The van der Waals surface area contributed by atoms with Crippen LogP contribution in [0.25, 0.3) is 0 Å². The van der Waals surface area contributed by atoms with E-state index < -0.39 is 11.9 Å². The SMILES string of the molecule is O=C(O)CCCCCOCCCCCC(=O)O. The van der Waals surface area contributed by atoms with Crippen LogP contribution in [0, 0.1) is 0 Å². The van der Waals surface area contributed by atoms with Gasteiger partial charge < -0.3 is 14.9 Å². The first-order valence-electron chi connectivity index (χ1n) is 6.14. The summed E-state index contributed by atoms with van der Waals surface area (Å²) < 4.78 is 5.35. The number of rotatable bonds is 12. The average Bonchev–Trinajstić information content (AvgIpc) is 2.25. The third-order valence-electron chi connectivity index (χ3n) is 2.36. The fourth-order valence-corrected chi connectivity index (χ4v) is 1.42. The summed E-state index contributed by atoms with van der Waals surface area (Å²) in [5.74, 6) is -1.49. The molecule has 5 nitrogen and oxygen atoms in total. The molecule has 100 valence electrons. The van der Waals surface area contributed by atoms with Gasteiger partial charge in [0.05, 0.1) is 0 Å². The fourth-order valence-electron chi connectivity index (χ4n) is 1.42. The molecule has 5 heteroatoms. The van der Waals surface area contributed by atoms with Crippen molar-refractivity contribution in [2.24, 2.45) is 0 Å². The van der Waals surface area contributed by atoms with Crippen LogP contribution in [0.3, 0.4) is 0 Å². The van der Waals surface area contributed by atoms with Crippen molar-refractivity contribution in [1.82, 2.24) is 0 Å². The normalized spacial score (nSPS) is 10.4. The van der Waals surface area contributed by atoms with E-state index in [0.29, 0.717) is 26.1 Å². The van der Waals surface area contributed by atoms with Gasteiger partial charge in [-0.05, 0) is 25.7 Å². The molecule has 17 heavy (non-hydrogen) atoms. The molecular formula is C12H22O5. The van der Waals surface area contributed by atoms with Crippen LogP contribution in [-0.4, -0.2) is 35.4 Å². The van der Waals surface area contributed by atoms with Crippen LogP contribution in [0.2, 0.25) is 0 Å². The van der Waals surface area contributed by atoms with Gasteiger partial charge in [-0.2, -0.15) is 0 Å². The quantitative estimate of drug-likeness (QED) is 0.516. The smallest absolute Gasteiger partial charge is 0.303 e. The second-order valence-corrected chi connectivity index (χ2v) is 4.02. The molecule has 0 radical (unpaired) electrons. The second kappa shape index (κ2) is 11.4. The van der Waals surface area contributed by atoms with Gasteiger partial charge in [-0.25, -0.2) is 0 Å². The molecular weight excluding hydrogens is 224 g/mol. The van der Waals surface area contributed by atoms with Gasteiger partial charge >= 0.3 is 11.9 Å². The molecule has 0 aliphatic carbocycles. The van der Waals surface area contributed by atoms with E-state index >= 15 is 0 Å². The Morgan fingerprint density at radius 3 is 1.47 bits per heavy atom. The average molecular weight is 246 g/mol. The summed E-state index contributed by atoms with van der Waals surface area (Å²) >= 11 is 0. The number of carboxylic acid groups (broad SMARTS) is 2. The fraction of sp³-hybridized carbons (Fsp3) is 0.833. The zero-order valence-corrected chi connectivity index (χ0v) is 10.2. The number of carbonyl (C=O) groups is 2. The van der Waals surface area contributed by atoms with Crippen LogP contribution in [-0.2, 0) is 14.3 Å². The van der Waals surface area contributed by atoms with Gasteiger partial charge in [0, 0.05) is 26.1 Å². The van der Waals surface area contributed by atoms with Crippen LogP contribution in [0.1, 0.15) is 51.4 Å². The minimum atomic E-state index is -0.746. The first-order chi connectivity index (χ1) is 8.13. The molecule has 0 amide bonds. The highest BCUT2D eigenvalue weighted by atomic mass is 16.5. The monoisotopic (exact) mass is 246 g/mol. The Labute approximate surface area is 102 Å². The van der Waals surface area contributed by atoms with Crippen LogP contribution in [0.5, 0.6) is 0 Å². The number of hydrogen-bond donors (Lipinski definition) is 2. The van der Waals surface area contributed by atoms with Gasteiger partial charge in [-0.1, -0.05) is 12.8 Å². The van der Waals surface area contributed by atoms with Gasteiger partial charge in [-0.3, -0.25) is 9.59 Å². The lowest BCUT2D eigenvalue weighted by Crippen LogP contribution is -1.99. The molecule has 0 rings (SSSR count). The topological polar surface area (TPSA) is 83.8 Å². The van der Waals surface area contributed by atoms with Crippen molar-refractivity contribution in [3.63, 3.8) is 0 Å². The molecule has 0 atom stereocenters. The van der Waals surface area contributed by atoms with Crippen LogP contribution < -0.4 is 0 Å². The van der Waals surface area contributed by atoms with Crippen molar-refractivity contribution < 1.29 is 24.5 Å². The van der Waals surface area contributed by atoms with Gasteiger partial charge in [0.25, 0.3) is 0 Å². The van der Waals surface area contributed by atoms with E-state index in [4.69, 9.17) is 14.9 Å². The zero-order chi connectivity index (χ0) is 12.9. The third kappa shape index (κ3) is 14.9. The maximum absolute atomic E-state index is 10.2. The number of carboxylic acids is 2. The maximum atomic E-state index is 10.2. The standard InChI is InChI=1S/C12H22O5/c13-11(14)7-3-1-5-9-17-10-6-2-4-8-12(15)16/h1-10H2,(H,13,14)(H,15,16). The Hall–Kier alpha value is -1.10. The van der Waals surface area contributed by atoms with Gasteiger partial charge in [0.1, 0.15) is 0 Å². The molecule has 0 aromatic rings. The highest BCUT2D eigenvalue weighted by Crippen LogP contribution is 2.02. The predicted octanol–water partition coefficient (Wildman–Crippen LogP) is 2.29. The van der Waals surface area contributed by atoms with Gasteiger partial charge in [0.2, 0.25) is 0 Å². The molecule has 2 N–H and O–H groups in total. The van der Waals surface area contributed by atoms with E-state index in [0.717, 1.165) is 25.7 Å². The summed E-state index contributed by atoms with van der Waals surface area (Å²) in [5.41, 5.74) is 0. The van der Waals surface area contributed by atoms with Crippen molar-refractivity contribution in [2.75, 3.05) is 13.2 Å². The van der Waals surface area contributed by atoms with E-state index in [1.54, 1.807) is 0 Å². The summed E-state index contributed by atoms with van der Waals surface area (Å²) in [7, 11) is 0. The van der Waals surface area contributed by atoms with E-state index in [1.807, 2.05) is 0 Å². The lowest BCUT2D eigenvalue weighted by molar-refractivity contribution is -0.138. The number of aliphatic carboxylic acids is 2. The minimum Gasteiger partial charge on any atom is -0.481 e. The minimum absolute atomic E-state index is 0.231. The summed E-state index contributed by atoms with van der Waals surface area (Å²) in [6.45, 7) is 1.33. The number of unbranched alkanes of at least 4 members (excludes halogenated alkanes) is 4. The molecule has 0 spiro atoms. The van der Waals surface area contributed by atoms with Crippen molar-refractivity contribution in [3.8, 4) is 0 Å². The Morgan fingerprint density at radius 1 is 0.706 bits per heavy atom. The highest BCUT2D eigenvalue weighted by Gasteiger charge is 1.97. The Morgan fingerprint density at radius 2 is 1.12 bits per heavy atom. The zero-order valence-electron chi connectivity index (χ0n) is 10.2. The van der Waals surface area contributed by atoms with Crippen LogP contribution >= 0.6 is 0 Å². The van der Waals surface area contributed by atoms with Crippen molar-refractivity contribution in [3.05, 3.63) is 0 Å². The number of hydrogen-bond acceptors (Lipinski definition) is 3. The summed E-state index contributed by atoms with van der Waals surface area (Å²) in [4.78, 5) is 20.4. The maximum Gasteiger partial charge on any atom is 0.303 e. The molecule has 0 bridgehead atoms. The Kier molecular flexibility index (Phi) is 10.7. The lowest BCUT2D eigenvalue weighted by atomic mass is 10.2. The second-order valence-electron chi connectivity index (χ2n) is 4.02. The number of ether oxygens (including phenoxy) is 1. The summed E-state index contributed by atoms with van der Waals surface area (Å²) in [6.07, 6.45) is 5.42. The van der Waals surface area contributed by atoms with Crippen molar-refractivity contribution >= 4 is 11.9 Å². The summed E-state index contributed by atoms with van der Waals surface area (Å²) in [5, 5.41) is 16.8. The molecule has 0 heterocycles. The van der Waals surface area contributed by atoms with Crippen LogP contribution in [0.4, 0.5) is 0 Å². The van der Waals surface area contributed by atoms with E-state index in [9.17, 15) is 9.59 Å². The molecule has 0 saturated carbocycles. The van der Waals surface area contributed by atoms with Gasteiger partial charge in [-0.15, -0.1) is 0 Å². The Balaban J connectivity index is 2.98. The van der Waals surface area contributed by atoms with E-state index in [-0.39, 0.29) is 12.8 Å². The van der Waals surface area contributed by atoms with E-state index in [2.05, 4.69) is 0 Å². The molecule has 0 unspecified atom stereocenters. The molecule has 0 saturated heterocycles. The van der Waals surface area contributed by atoms with Gasteiger partial charge in [0.15, 0.2) is 0 Å². The molecule has 0 fully saturated rings. The first kappa shape index (κ1) is 15.9. The predicted molar refractivity (Wildman–Crippen MR) is 63.0 cm³/mol. The molecule has 0 aliphatic heterocycles. The lowest BCUT2D eigenvalue weighted by Gasteiger charge is -2.03. The first-order valence-corrected chi connectivity index (χ1v) is 6.14. The third-order valence-corrected chi connectivity index (χ3v) is 2.36. The Bertz CT molecular complexity index is 193.